The van der Waals surface area contributed by atoms with Crippen molar-refractivity contribution >= 4 is 11.8 Å². The summed E-state index contributed by atoms with van der Waals surface area (Å²) in [4.78, 5) is 11.8. The number of nitrogens with one attached hydrogen (secondary N) is 2. The van der Waals surface area contributed by atoms with Gasteiger partial charge in [-0.1, -0.05) is 0 Å². The molecule has 0 radical (unpaired) electrons. The molecule has 1 saturated heterocycles. The van der Waals surface area contributed by atoms with Crippen LogP contribution in [0.15, 0.2) is 12.1 Å². The number of methoxy groups -OCH3 is 1. The minimum atomic E-state index is -0.660. The summed E-state index contributed by atoms with van der Waals surface area (Å²) in [6.45, 7) is 6.80. The number of anilines is 1. The van der Waals surface area contributed by atoms with Gasteiger partial charge in [-0.2, -0.15) is 0 Å². The maximum Gasteiger partial charge on any atom is 0.412 e. The lowest BCUT2D eigenvalue weighted by Gasteiger charge is -2.28. The molecule has 1 aromatic rings. The zero-order chi connectivity index (χ0) is 16.3. The quantitative estimate of drug-likeness (QED) is 0.738. The largest absolute Gasteiger partial charge is 0.503 e. The van der Waals surface area contributed by atoms with E-state index in [4.69, 9.17) is 14.2 Å². The zero-order valence-corrected chi connectivity index (χ0v) is 13.2. The van der Waals surface area contributed by atoms with Crippen LogP contribution in [0.5, 0.6) is 17.2 Å². The molecule has 2 rings (SSSR count). The number of aromatic hydroxyl groups is 1. The third-order valence-corrected chi connectivity index (χ3v) is 2.95. The van der Waals surface area contributed by atoms with E-state index in [0.717, 1.165) is 13.1 Å². The second kappa shape index (κ2) is 6.31. The minimum absolute atomic E-state index is 0.0728. The van der Waals surface area contributed by atoms with Crippen LogP contribution >= 0.6 is 0 Å². The van der Waals surface area contributed by atoms with Crippen LogP contribution in [0.3, 0.4) is 0 Å². The maximum atomic E-state index is 11.8. The van der Waals surface area contributed by atoms with Crippen molar-refractivity contribution in [1.82, 2.24) is 5.32 Å². The zero-order valence-electron chi connectivity index (χ0n) is 13.2. The standard InChI is InChI=1S/C15H22N2O5/c1-15(2,3)22-14(19)17-11-5-9(21-10-7-16-8-10)6-12(20-4)13(11)18/h5-6,10,16,18H,7-8H2,1-4H3,(H,17,19). The van der Waals surface area contributed by atoms with Gasteiger partial charge >= 0.3 is 6.09 Å². The van der Waals surface area contributed by atoms with Crippen molar-refractivity contribution in [3.63, 3.8) is 0 Å². The monoisotopic (exact) mass is 310 g/mol. The number of hydrogen-bond acceptors (Lipinski definition) is 6. The first-order valence-corrected chi connectivity index (χ1v) is 7.07. The fraction of sp³-hybridized carbons (Fsp3) is 0.533. The average Bonchev–Trinajstić information content (AvgIpc) is 2.34. The van der Waals surface area contributed by atoms with Crippen molar-refractivity contribution in [3.8, 4) is 17.2 Å². The van der Waals surface area contributed by atoms with E-state index in [1.54, 1.807) is 32.9 Å². The molecule has 7 nitrogen and oxygen atoms in total. The van der Waals surface area contributed by atoms with Crippen molar-refractivity contribution in [3.05, 3.63) is 12.1 Å². The van der Waals surface area contributed by atoms with E-state index in [-0.39, 0.29) is 23.3 Å². The van der Waals surface area contributed by atoms with Crippen LogP contribution in [-0.2, 0) is 4.74 Å². The Balaban J connectivity index is 2.17. The highest BCUT2D eigenvalue weighted by Crippen LogP contribution is 2.39. The fourth-order valence-electron chi connectivity index (χ4n) is 1.85. The first-order chi connectivity index (χ1) is 10.3. The number of phenolic OH excluding ortho intramolecular Hbond substituents is 1. The smallest absolute Gasteiger partial charge is 0.412 e. The number of amides is 1. The number of hydrogen-bond donors (Lipinski definition) is 3. The number of rotatable bonds is 4. The maximum absolute atomic E-state index is 11.8. The van der Waals surface area contributed by atoms with E-state index in [0.29, 0.717) is 5.75 Å². The molecule has 122 valence electrons. The van der Waals surface area contributed by atoms with Crippen molar-refractivity contribution in [2.75, 3.05) is 25.5 Å². The lowest BCUT2D eigenvalue weighted by atomic mass is 10.2. The Hall–Kier alpha value is -2.15. The summed E-state index contributed by atoms with van der Waals surface area (Å²) in [6, 6.07) is 3.12. The van der Waals surface area contributed by atoms with Gasteiger partial charge in [-0.15, -0.1) is 0 Å². The number of phenols is 1. The summed E-state index contributed by atoms with van der Waals surface area (Å²) >= 11 is 0. The molecule has 0 saturated carbocycles. The Morgan fingerprint density at radius 2 is 2.05 bits per heavy atom. The van der Waals surface area contributed by atoms with Crippen LogP contribution < -0.4 is 20.1 Å². The lowest BCUT2D eigenvalue weighted by Crippen LogP contribution is -2.50. The van der Waals surface area contributed by atoms with Gasteiger partial charge in [-0.25, -0.2) is 4.79 Å². The van der Waals surface area contributed by atoms with Crippen molar-refractivity contribution in [1.29, 1.82) is 0 Å². The Labute approximate surface area is 129 Å². The number of benzene rings is 1. The van der Waals surface area contributed by atoms with E-state index >= 15 is 0 Å². The van der Waals surface area contributed by atoms with E-state index in [1.165, 1.54) is 7.11 Å². The predicted octanol–water partition coefficient (Wildman–Crippen LogP) is 2.10. The van der Waals surface area contributed by atoms with Crippen LogP contribution in [0.4, 0.5) is 10.5 Å². The second-order valence-corrected chi connectivity index (χ2v) is 6.05. The van der Waals surface area contributed by atoms with Gasteiger partial charge in [-0.05, 0) is 20.8 Å². The molecule has 1 fully saturated rings. The highest BCUT2D eigenvalue weighted by atomic mass is 16.6. The minimum Gasteiger partial charge on any atom is -0.503 e. The van der Waals surface area contributed by atoms with Gasteiger partial charge in [0.2, 0.25) is 0 Å². The number of ether oxygens (including phenoxy) is 3. The molecule has 0 aromatic heterocycles. The SMILES string of the molecule is COc1cc(OC2CNC2)cc(NC(=O)OC(C)(C)C)c1O. The molecule has 0 spiro atoms. The molecule has 0 aliphatic carbocycles. The van der Waals surface area contributed by atoms with Gasteiger partial charge in [0.1, 0.15) is 17.5 Å². The molecule has 0 bridgehead atoms. The first kappa shape index (κ1) is 16.2. The molecule has 1 amide bonds. The topological polar surface area (TPSA) is 89.1 Å². The molecule has 1 aromatic carbocycles. The Kier molecular flexibility index (Phi) is 4.65. The van der Waals surface area contributed by atoms with Crippen LogP contribution in [0.25, 0.3) is 0 Å². The summed E-state index contributed by atoms with van der Waals surface area (Å²) in [5, 5.41) is 15.7. The summed E-state index contributed by atoms with van der Waals surface area (Å²) in [5.41, 5.74) is -0.453. The van der Waals surface area contributed by atoms with Crippen LogP contribution in [-0.4, -0.2) is 43.1 Å². The van der Waals surface area contributed by atoms with Crippen LogP contribution in [0.2, 0.25) is 0 Å². The van der Waals surface area contributed by atoms with Gasteiger partial charge < -0.3 is 24.6 Å². The molecule has 3 N–H and O–H groups in total. The predicted molar refractivity (Wildman–Crippen MR) is 81.8 cm³/mol. The van der Waals surface area contributed by atoms with Gasteiger partial charge in [0.05, 0.1) is 12.8 Å². The van der Waals surface area contributed by atoms with Crippen LogP contribution in [0.1, 0.15) is 20.8 Å². The normalized spacial score (nSPS) is 14.9. The van der Waals surface area contributed by atoms with Gasteiger partial charge in [0.15, 0.2) is 11.5 Å². The molecule has 7 heteroatoms. The molecular weight excluding hydrogens is 288 g/mol. The average molecular weight is 310 g/mol. The van der Waals surface area contributed by atoms with Gasteiger partial charge in [-0.3, -0.25) is 5.32 Å². The van der Waals surface area contributed by atoms with E-state index < -0.39 is 11.7 Å². The molecular formula is C15H22N2O5. The number of carbonyl (C=O) groups is 1. The summed E-state index contributed by atoms with van der Waals surface area (Å²) in [6.07, 6.45) is -0.587. The molecule has 1 heterocycles. The Bertz CT molecular complexity index is 550. The van der Waals surface area contributed by atoms with Crippen molar-refractivity contribution in [2.24, 2.45) is 0 Å². The summed E-state index contributed by atoms with van der Waals surface area (Å²) < 4.78 is 16.0. The first-order valence-electron chi connectivity index (χ1n) is 7.07. The highest BCUT2D eigenvalue weighted by Gasteiger charge is 2.22. The summed E-state index contributed by atoms with van der Waals surface area (Å²) in [7, 11) is 1.43. The number of carbonyl (C=O) groups excluding carboxylic acids is 1. The lowest BCUT2D eigenvalue weighted by molar-refractivity contribution is 0.0635. The van der Waals surface area contributed by atoms with Crippen molar-refractivity contribution < 1.29 is 24.1 Å². The summed E-state index contributed by atoms with van der Waals surface area (Å²) in [5.74, 6) is 0.551. The van der Waals surface area contributed by atoms with Gasteiger partial charge in [0.25, 0.3) is 0 Å². The third-order valence-electron chi connectivity index (χ3n) is 2.95. The Morgan fingerprint density at radius 3 is 2.55 bits per heavy atom. The molecule has 0 unspecified atom stereocenters. The van der Waals surface area contributed by atoms with E-state index in [1.807, 2.05) is 0 Å². The molecule has 1 aliphatic heterocycles. The molecule has 1 aliphatic rings. The van der Waals surface area contributed by atoms with Crippen LogP contribution in [0, 0.1) is 0 Å². The van der Waals surface area contributed by atoms with Crippen molar-refractivity contribution in [2.45, 2.75) is 32.5 Å². The highest BCUT2D eigenvalue weighted by molar-refractivity contribution is 5.88. The molecule has 22 heavy (non-hydrogen) atoms. The second-order valence-electron chi connectivity index (χ2n) is 6.05. The van der Waals surface area contributed by atoms with Gasteiger partial charge in [0, 0.05) is 25.2 Å². The van der Waals surface area contributed by atoms with E-state index in [9.17, 15) is 9.90 Å². The third kappa shape index (κ3) is 4.17. The molecule has 0 atom stereocenters. The van der Waals surface area contributed by atoms with E-state index in [2.05, 4.69) is 10.6 Å². The Morgan fingerprint density at radius 1 is 1.36 bits per heavy atom. The fourth-order valence-corrected chi connectivity index (χ4v) is 1.85.